The van der Waals surface area contributed by atoms with Gasteiger partial charge in [0, 0.05) is 6.07 Å². The third-order valence-corrected chi connectivity index (χ3v) is 2.93. The van der Waals surface area contributed by atoms with E-state index in [1.807, 2.05) is 34.1 Å². The highest BCUT2D eigenvalue weighted by Gasteiger charge is 2.30. The lowest BCUT2D eigenvalue weighted by molar-refractivity contribution is -0.432. The van der Waals surface area contributed by atoms with Crippen molar-refractivity contribution in [1.82, 2.24) is 0 Å². The average molecular weight is 224 g/mol. The first-order valence-electron chi connectivity index (χ1n) is 5.59. The summed E-state index contributed by atoms with van der Waals surface area (Å²) in [7, 11) is 0. The molecular weight excluding hydrogens is 210 g/mol. The van der Waals surface area contributed by atoms with E-state index < -0.39 is 0 Å². The van der Waals surface area contributed by atoms with Gasteiger partial charge in [0.1, 0.15) is 11.4 Å². The molecule has 17 heavy (non-hydrogen) atoms. The standard InChI is InChI=1S/C14H14N3/c1-11-7-9-12(10-8-11)17-15-13-5-3-4-6-14(13)16(17)2/h3-10,15H,2H2,1H3/q+1. The molecule has 1 aliphatic heterocycles. The minimum Gasteiger partial charge on any atom is -0.239 e. The Hall–Kier alpha value is -2.29. The maximum absolute atomic E-state index is 4.06. The van der Waals surface area contributed by atoms with Gasteiger partial charge in [-0.1, -0.05) is 39.6 Å². The molecule has 0 amide bonds. The monoisotopic (exact) mass is 224 g/mol. The zero-order chi connectivity index (χ0) is 11.8. The lowest BCUT2D eigenvalue weighted by Crippen LogP contribution is -2.30. The predicted octanol–water partition coefficient (Wildman–Crippen LogP) is 3.10. The molecule has 2 aromatic carbocycles. The Morgan fingerprint density at radius 3 is 2.47 bits per heavy atom. The Labute approximate surface area is 101 Å². The molecule has 0 radical (unpaired) electrons. The van der Waals surface area contributed by atoms with E-state index in [0.29, 0.717) is 0 Å². The van der Waals surface area contributed by atoms with Crippen LogP contribution < -0.4 is 10.5 Å². The number of hydrazone groups is 1. The van der Waals surface area contributed by atoms with E-state index in [0.717, 1.165) is 17.1 Å². The number of hydrogen-bond acceptors (Lipinski definition) is 2. The van der Waals surface area contributed by atoms with Crippen molar-refractivity contribution in [3.05, 3.63) is 54.1 Å². The summed E-state index contributed by atoms with van der Waals surface area (Å²) in [5, 5.41) is 1.93. The van der Waals surface area contributed by atoms with Gasteiger partial charge in [-0.3, -0.25) is 0 Å². The molecule has 0 atom stereocenters. The van der Waals surface area contributed by atoms with Crippen molar-refractivity contribution in [2.75, 3.05) is 10.5 Å². The van der Waals surface area contributed by atoms with E-state index >= 15 is 0 Å². The van der Waals surface area contributed by atoms with Crippen LogP contribution in [-0.2, 0) is 0 Å². The highest BCUT2D eigenvalue weighted by Crippen LogP contribution is 2.33. The van der Waals surface area contributed by atoms with Crippen molar-refractivity contribution >= 4 is 23.8 Å². The van der Waals surface area contributed by atoms with Gasteiger partial charge in [0.2, 0.25) is 0 Å². The van der Waals surface area contributed by atoms with Gasteiger partial charge in [0.25, 0.3) is 5.69 Å². The Bertz CT molecular complexity index is 572. The van der Waals surface area contributed by atoms with Crippen LogP contribution in [0.1, 0.15) is 5.56 Å². The van der Waals surface area contributed by atoms with E-state index in [4.69, 9.17) is 0 Å². The van der Waals surface area contributed by atoms with E-state index in [2.05, 4.69) is 43.3 Å². The molecule has 0 aliphatic carbocycles. The Kier molecular flexibility index (Phi) is 2.11. The second-order valence-electron chi connectivity index (χ2n) is 4.18. The van der Waals surface area contributed by atoms with Crippen molar-refractivity contribution in [3.63, 3.8) is 0 Å². The predicted molar refractivity (Wildman–Crippen MR) is 70.8 cm³/mol. The maximum Gasteiger partial charge on any atom is 0.262 e. The molecule has 0 aromatic heterocycles. The lowest BCUT2D eigenvalue weighted by Gasteiger charge is -2.11. The van der Waals surface area contributed by atoms with E-state index in [-0.39, 0.29) is 0 Å². The van der Waals surface area contributed by atoms with Crippen LogP contribution in [0.4, 0.5) is 17.1 Å². The van der Waals surface area contributed by atoms with Gasteiger partial charge in [-0.2, -0.15) is 0 Å². The molecule has 3 heteroatoms. The summed E-state index contributed by atoms with van der Waals surface area (Å²) in [6, 6.07) is 16.4. The quantitative estimate of drug-likeness (QED) is 0.750. The normalized spacial score (nSPS) is 13.5. The first-order valence-corrected chi connectivity index (χ1v) is 5.59. The Balaban J connectivity index is 1.99. The topological polar surface area (TPSA) is 18.3 Å². The Morgan fingerprint density at radius 2 is 1.76 bits per heavy atom. The molecule has 2 aromatic rings. The van der Waals surface area contributed by atoms with Crippen LogP contribution in [0.2, 0.25) is 0 Å². The van der Waals surface area contributed by atoms with Crippen LogP contribution in [0.3, 0.4) is 0 Å². The number of nitrogens with zero attached hydrogens (tertiary/aromatic N) is 2. The van der Waals surface area contributed by atoms with Crippen LogP contribution >= 0.6 is 0 Å². The average Bonchev–Trinajstić information content (AvgIpc) is 2.69. The number of aryl methyl sites for hydroxylation is 1. The highest BCUT2D eigenvalue weighted by molar-refractivity contribution is 5.69. The second-order valence-corrected chi connectivity index (χ2v) is 4.18. The number of hydrogen-bond donors (Lipinski definition) is 1. The third-order valence-electron chi connectivity index (χ3n) is 2.93. The lowest BCUT2D eigenvalue weighted by atomic mass is 10.2. The van der Waals surface area contributed by atoms with Crippen LogP contribution in [0.25, 0.3) is 0 Å². The van der Waals surface area contributed by atoms with Gasteiger partial charge in [-0.05, 0) is 25.1 Å². The molecule has 3 nitrogen and oxygen atoms in total. The first kappa shape index (κ1) is 9.90. The van der Waals surface area contributed by atoms with E-state index in [9.17, 15) is 0 Å². The van der Waals surface area contributed by atoms with Crippen molar-refractivity contribution in [2.45, 2.75) is 6.92 Å². The van der Waals surface area contributed by atoms with E-state index in [1.54, 1.807) is 0 Å². The number of anilines is 2. The van der Waals surface area contributed by atoms with E-state index in [1.165, 1.54) is 5.56 Å². The number of rotatable bonds is 1. The summed E-state index contributed by atoms with van der Waals surface area (Å²) in [4.78, 5) is 0. The number of para-hydroxylation sites is 2. The summed E-state index contributed by atoms with van der Waals surface area (Å²) in [6.45, 7) is 6.14. The molecular formula is C14H14N3+. The molecule has 3 rings (SSSR count). The summed E-state index contributed by atoms with van der Waals surface area (Å²) in [5.41, 5.74) is 7.79. The minimum atomic E-state index is 1.07. The number of hydrazine groups is 2. The van der Waals surface area contributed by atoms with Gasteiger partial charge < -0.3 is 0 Å². The fourth-order valence-corrected chi connectivity index (χ4v) is 1.97. The van der Waals surface area contributed by atoms with Gasteiger partial charge >= 0.3 is 0 Å². The Morgan fingerprint density at radius 1 is 1.06 bits per heavy atom. The van der Waals surface area contributed by atoms with Crippen LogP contribution in [0.5, 0.6) is 0 Å². The third kappa shape index (κ3) is 1.56. The number of benzene rings is 2. The summed E-state index contributed by atoms with van der Waals surface area (Å²) in [5.74, 6) is 0. The molecule has 1 N–H and O–H groups in total. The van der Waals surface area contributed by atoms with Gasteiger partial charge in [0.05, 0.1) is 0 Å². The van der Waals surface area contributed by atoms with Crippen LogP contribution in [-0.4, -0.2) is 11.4 Å². The molecule has 84 valence electrons. The van der Waals surface area contributed by atoms with Crippen molar-refractivity contribution in [3.8, 4) is 0 Å². The van der Waals surface area contributed by atoms with Crippen molar-refractivity contribution in [2.24, 2.45) is 0 Å². The summed E-state index contributed by atoms with van der Waals surface area (Å²) in [6.07, 6.45) is 0. The largest absolute Gasteiger partial charge is 0.262 e. The smallest absolute Gasteiger partial charge is 0.239 e. The summed E-state index contributed by atoms with van der Waals surface area (Å²) >= 11 is 0. The fraction of sp³-hybridized carbons (Fsp3) is 0.0714. The molecule has 0 spiro atoms. The fourth-order valence-electron chi connectivity index (χ4n) is 1.97. The molecule has 0 fully saturated rings. The molecule has 0 unspecified atom stereocenters. The van der Waals surface area contributed by atoms with Crippen LogP contribution in [0, 0.1) is 6.92 Å². The first-order chi connectivity index (χ1) is 8.25. The second kappa shape index (κ2) is 3.63. The van der Waals surface area contributed by atoms with Gasteiger partial charge in [-0.25, -0.2) is 5.43 Å². The molecule has 1 heterocycles. The van der Waals surface area contributed by atoms with Crippen LogP contribution in [0.15, 0.2) is 48.5 Å². The van der Waals surface area contributed by atoms with Crippen molar-refractivity contribution < 1.29 is 4.68 Å². The minimum absolute atomic E-state index is 1.07. The molecule has 0 saturated carbocycles. The number of nitrogens with one attached hydrogen (secondary N) is 1. The molecule has 0 bridgehead atoms. The molecule has 1 aliphatic rings. The van der Waals surface area contributed by atoms with Gasteiger partial charge in [-0.15, -0.1) is 0 Å². The highest BCUT2D eigenvalue weighted by atomic mass is 15.8. The van der Waals surface area contributed by atoms with Crippen molar-refractivity contribution in [1.29, 1.82) is 0 Å². The zero-order valence-corrected chi connectivity index (χ0v) is 9.72. The number of fused-ring (bicyclic) bond motifs is 1. The SMILES string of the molecule is C=[N+]1c2ccccc2NN1c1ccc(C)cc1. The summed E-state index contributed by atoms with van der Waals surface area (Å²) < 4.78 is 1.86. The zero-order valence-electron chi connectivity index (χ0n) is 9.72. The molecule has 0 saturated heterocycles. The van der Waals surface area contributed by atoms with Gasteiger partial charge in [0.15, 0.2) is 6.72 Å². The maximum atomic E-state index is 4.06.